The fourth-order valence-corrected chi connectivity index (χ4v) is 3.08. The summed E-state index contributed by atoms with van der Waals surface area (Å²) in [6, 6.07) is 5.10. The first kappa shape index (κ1) is 16.7. The summed E-state index contributed by atoms with van der Waals surface area (Å²) < 4.78 is 0. The predicted octanol–water partition coefficient (Wildman–Crippen LogP) is 1.18. The van der Waals surface area contributed by atoms with Gasteiger partial charge in [0.15, 0.2) is 5.43 Å². The molecule has 1 saturated heterocycles. The van der Waals surface area contributed by atoms with Crippen LogP contribution in [0.5, 0.6) is 0 Å². The number of nitrogens with zero attached hydrogens (tertiary/aromatic N) is 1. The van der Waals surface area contributed by atoms with Crippen LogP contribution < -0.4 is 10.7 Å². The third kappa shape index (κ3) is 3.23. The molecule has 25 heavy (non-hydrogen) atoms. The Bertz CT molecular complexity index is 934. The third-order valence-corrected chi connectivity index (χ3v) is 4.29. The summed E-state index contributed by atoms with van der Waals surface area (Å²) >= 11 is 0. The van der Waals surface area contributed by atoms with Crippen LogP contribution in [0.3, 0.4) is 0 Å². The van der Waals surface area contributed by atoms with E-state index in [0.717, 1.165) is 12.5 Å². The summed E-state index contributed by atoms with van der Waals surface area (Å²) in [5, 5.41) is 12.0. The number of hydrogen-bond donors (Lipinski definition) is 3. The van der Waals surface area contributed by atoms with E-state index in [1.165, 1.54) is 24.0 Å². The second kappa shape index (κ2) is 6.39. The highest BCUT2D eigenvalue weighted by atomic mass is 16.4. The van der Waals surface area contributed by atoms with Crippen LogP contribution in [-0.2, 0) is 9.59 Å². The van der Waals surface area contributed by atoms with Crippen molar-refractivity contribution in [2.75, 3.05) is 11.9 Å². The summed E-state index contributed by atoms with van der Waals surface area (Å²) in [6.07, 6.45) is 1.37. The van der Waals surface area contributed by atoms with E-state index >= 15 is 0 Å². The smallest absolute Gasteiger partial charge is 0.352 e. The molecular formula is C17H17N3O5. The molecule has 3 rings (SSSR count). The molecule has 2 amide bonds. The van der Waals surface area contributed by atoms with E-state index in [0.29, 0.717) is 24.2 Å². The summed E-state index contributed by atoms with van der Waals surface area (Å²) in [6.45, 7) is 1.99. The van der Waals surface area contributed by atoms with E-state index in [1.54, 1.807) is 6.07 Å². The molecule has 8 heteroatoms. The molecule has 1 aromatic heterocycles. The number of aromatic carboxylic acids is 1. The molecule has 0 bridgehead atoms. The second-order valence-corrected chi connectivity index (χ2v) is 5.97. The molecule has 0 aliphatic carbocycles. The van der Waals surface area contributed by atoms with Crippen molar-refractivity contribution in [2.45, 2.75) is 25.8 Å². The Morgan fingerprint density at radius 3 is 2.72 bits per heavy atom. The van der Waals surface area contributed by atoms with Crippen LogP contribution in [0.15, 0.2) is 29.1 Å². The Labute approximate surface area is 142 Å². The summed E-state index contributed by atoms with van der Waals surface area (Å²) in [5.41, 5.74) is 0.140. The number of benzene rings is 1. The highest BCUT2D eigenvalue weighted by Crippen LogP contribution is 2.21. The normalized spacial score (nSPS) is 16.8. The number of rotatable bonds is 3. The zero-order chi connectivity index (χ0) is 18.1. The Hall–Kier alpha value is -3.16. The van der Waals surface area contributed by atoms with Crippen LogP contribution >= 0.6 is 0 Å². The Balaban J connectivity index is 1.87. The highest BCUT2D eigenvalue weighted by molar-refractivity contribution is 5.99. The first-order valence-corrected chi connectivity index (χ1v) is 7.85. The molecular weight excluding hydrogens is 326 g/mol. The van der Waals surface area contributed by atoms with Gasteiger partial charge >= 0.3 is 5.97 Å². The quantitative estimate of drug-likeness (QED) is 0.773. The fraction of sp³-hybridized carbons (Fsp3) is 0.294. The minimum atomic E-state index is -1.22. The van der Waals surface area contributed by atoms with E-state index in [2.05, 4.69) is 10.3 Å². The Morgan fingerprint density at radius 2 is 2.04 bits per heavy atom. The zero-order valence-electron chi connectivity index (χ0n) is 13.5. The summed E-state index contributed by atoms with van der Waals surface area (Å²) in [5.74, 6) is -1.67. The number of carbonyl (C=O) groups excluding carboxylic acids is 2. The van der Waals surface area contributed by atoms with Gasteiger partial charge in [-0.05, 0) is 31.0 Å². The van der Waals surface area contributed by atoms with Crippen LogP contribution in [0.25, 0.3) is 10.9 Å². The van der Waals surface area contributed by atoms with Crippen LogP contribution in [0, 0.1) is 0 Å². The maximum Gasteiger partial charge on any atom is 0.352 e. The van der Waals surface area contributed by atoms with Crippen LogP contribution in [0.4, 0.5) is 5.69 Å². The van der Waals surface area contributed by atoms with E-state index in [9.17, 15) is 19.2 Å². The molecule has 1 aliphatic rings. The summed E-state index contributed by atoms with van der Waals surface area (Å²) in [7, 11) is 0. The lowest BCUT2D eigenvalue weighted by molar-refractivity contribution is -0.134. The topological polar surface area (TPSA) is 120 Å². The number of aromatic nitrogens is 1. The van der Waals surface area contributed by atoms with E-state index in [4.69, 9.17) is 5.11 Å². The monoisotopic (exact) mass is 343 g/mol. The molecule has 0 radical (unpaired) electrons. The maximum atomic E-state index is 12.4. The average molecular weight is 343 g/mol. The lowest BCUT2D eigenvalue weighted by Crippen LogP contribution is -2.42. The van der Waals surface area contributed by atoms with Crippen molar-refractivity contribution in [3.05, 3.63) is 40.2 Å². The van der Waals surface area contributed by atoms with Gasteiger partial charge in [-0.3, -0.25) is 14.4 Å². The minimum absolute atomic E-state index is 0.145. The molecule has 8 nitrogen and oxygen atoms in total. The SMILES string of the molecule is CC(=O)N1CCCC1C(=O)Nc1ccc2[nH]c(C(=O)O)cc(=O)c2c1. The molecule has 1 atom stereocenters. The van der Waals surface area contributed by atoms with Gasteiger partial charge in [0, 0.05) is 30.6 Å². The van der Waals surface area contributed by atoms with Crippen molar-refractivity contribution in [1.29, 1.82) is 0 Å². The molecule has 0 spiro atoms. The number of anilines is 1. The number of carbonyl (C=O) groups is 3. The third-order valence-electron chi connectivity index (χ3n) is 4.29. The first-order valence-electron chi connectivity index (χ1n) is 7.85. The number of aromatic amines is 1. The molecule has 1 aromatic carbocycles. The lowest BCUT2D eigenvalue weighted by atomic mass is 10.1. The van der Waals surface area contributed by atoms with E-state index in [-0.39, 0.29) is 22.9 Å². The number of hydrogen-bond acceptors (Lipinski definition) is 4. The average Bonchev–Trinajstić information content (AvgIpc) is 3.05. The predicted molar refractivity (Wildman–Crippen MR) is 90.6 cm³/mol. The standard InChI is InChI=1S/C17H17N3O5/c1-9(21)20-6-2-3-14(20)16(23)18-10-4-5-12-11(7-10)15(22)8-13(19-12)17(24)25/h4-5,7-8,14H,2-3,6H2,1H3,(H,18,23)(H,19,22)(H,24,25). The van der Waals surface area contributed by atoms with Gasteiger partial charge in [-0.2, -0.15) is 0 Å². The van der Waals surface area contributed by atoms with Crippen LogP contribution in [0.1, 0.15) is 30.3 Å². The Kier molecular flexibility index (Phi) is 4.26. The van der Waals surface area contributed by atoms with Gasteiger partial charge < -0.3 is 20.3 Å². The van der Waals surface area contributed by atoms with Crippen molar-refractivity contribution >= 4 is 34.4 Å². The van der Waals surface area contributed by atoms with Gasteiger partial charge in [-0.25, -0.2) is 4.79 Å². The van der Waals surface area contributed by atoms with E-state index < -0.39 is 17.4 Å². The van der Waals surface area contributed by atoms with Gasteiger partial charge in [0.05, 0.1) is 5.52 Å². The number of amides is 2. The number of pyridine rings is 1. The molecule has 1 fully saturated rings. The molecule has 2 aromatic rings. The number of fused-ring (bicyclic) bond motifs is 1. The number of carboxylic acid groups (broad SMARTS) is 1. The Morgan fingerprint density at radius 1 is 1.28 bits per heavy atom. The molecule has 0 saturated carbocycles. The van der Waals surface area contributed by atoms with Gasteiger partial charge in [-0.15, -0.1) is 0 Å². The van der Waals surface area contributed by atoms with Gasteiger partial charge in [0.1, 0.15) is 11.7 Å². The first-order chi connectivity index (χ1) is 11.9. The van der Waals surface area contributed by atoms with Crippen LogP contribution in [0.2, 0.25) is 0 Å². The molecule has 3 N–H and O–H groups in total. The van der Waals surface area contributed by atoms with Crippen molar-refractivity contribution in [3.8, 4) is 0 Å². The second-order valence-electron chi connectivity index (χ2n) is 5.97. The highest BCUT2D eigenvalue weighted by Gasteiger charge is 2.32. The molecule has 1 unspecified atom stereocenters. The van der Waals surface area contributed by atoms with Gasteiger partial charge in [-0.1, -0.05) is 0 Å². The largest absolute Gasteiger partial charge is 0.477 e. The number of likely N-dealkylation sites (tertiary alicyclic amines) is 1. The van der Waals surface area contributed by atoms with Crippen molar-refractivity contribution in [3.63, 3.8) is 0 Å². The minimum Gasteiger partial charge on any atom is -0.477 e. The van der Waals surface area contributed by atoms with Gasteiger partial charge in [0.25, 0.3) is 0 Å². The fourth-order valence-electron chi connectivity index (χ4n) is 3.08. The molecule has 1 aliphatic heterocycles. The number of nitrogens with one attached hydrogen (secondary N) is 2. The van der Waals surface area contributed by atoms with Crippen molar-refractivity contribution in [1.82, 2.24) is 9.88 Å². The van der Waals surface area contributed by atoms with E-state index in [1.807, 2.05) is 0 Å². The molecule has 2 heterocycles. The maximum absolute atomic E-state index is 12.4. The van der Waals surface area contributed by atoms with Gasteiger partial charge in [0.2, 0.25) is 11.8 Å². The number of H-pyrrole nitrogens is 1. The number of carboxylic acids is 1. The van der Waals surface area contributed by atoms with Crippen LogP contribution in [-0.4, -0.2) is 45.4 Å². The lowest BCUT2D eigenvalue weighted by Gasteiger charge is -2.22. The zero-order valence-corrected chi connectivity index (χ0v) is 13.5. The van der Waals surface area contributed by atoms with Crippen molar-refractivity contribution < 1.29 is 19.5 Å². The summed E-state index contributed by atoms with van der Waals surface area (Å²) in [4.78, 5) is 51.3. The van der Waals surface area contributed by atoms with Crippen molar-refractivity contribution in [2.24, 2.45) is 0 Å². The molecule has 130 valence electrons.